The summed E-state index contributed by atoms with van der Waals surface area (Å²) in [6.45, 7) is 0. The molecule has 0 aliphatic heterocycles. The van der Waals surface area contributed by atoms with Gasteiger partial charge in [-0.05, 0) is 24.1 Å². The molecule has 0 radical (unpaired) electrons. The molecule has 1 rings (SSSR count). The Kier molecular flexibility index (Phi) is 4.51. The average molecular weight is 281 g/mol. The first-order valence-corrected chi connectivity index (χ1v) is 5.69. The van der Waals surface area contributed by atoms with Gasteiger partial charge in [0.2, 0.25) is 5.91 Å². The second-order valence-electron chi connectivity index (χ2n) is 3.74. The smallest absolute Gasteiger partial charge is 0.239 e. The summed E-state index contributed by atoms with van der Waals surface area (Å²) in [6, 6.07) is 9.68. The van der Waals surface area contributed by atoms with Gasteiger partial charge in [-0.15, -0.1) is 0 Å². The lowest BCUT2D eigenvalue weighted by Gasteiger charge is -2.14. The van der Waals surface area contributed by atoms with Gasteiger partial charge in [0.1, 0.15) is 5.92 Å². The molecule has 0 saturated heterocycles. The molecule has 1 atom stereocenters. The molecule has 1 aromatic carbocycles. The largest absolute Gasteiger partial charge is 0.348 e. The fourth-order valence-corrected chi connectivity index (χ4v) is 1.62. The van der Waals surface area contributed by atoms with Crippen LogP contribution < -0.4 is 0 Å². The molecule has 0 spiro atoms. The van der Waals surface area contributed by atoms with Crippen molar-refractivity contribution in [2.75, 3.05) is 14.1 Å². The molecule has 0 N–H and O–H groups in total. The van der Waals surface area contributed by atoms with Crippen LogP contribution >= 0.6 is 15.9 Å². The molecule has 0 saturated carbocycles. The molecule has 0 fully saturated rings. The van der Waals surface area contributed by atoms with E-state index in [-0.39, 0.29) is 5.91 Å². The van der Waals surface area contributed by atoms with Gasteiger partial charge in [-0.1, -0.05) is 28.1 Å². The molecule has 1 aromatic rings. The number of benzene rings is 1. The van der Waals surface area contributed by atoms with E-state index in [1.807, 2.05) is 30.3 Å². The van der Waals surface area contributed by atoms with Gasteiger partial charge in [-0.3, -0.25) is 4.79 Å². The fourth-order valence-electron chi connectivity index (χ4n) is 1.36. The summed E-state index contributed by atoms with van der Waals surface area (Å²) < 4.78 is 0.990. The minimum absolute atomic E-state index is 0.148. The molecule has 0 aliphatic rings. The Balaban J connectivity index is 2.75. The van der Waals surface area contributed by atoms with Crippen LogP contribution in [0.3, 0.4) is 0 Å². The maximum atomic E-state index is 11.6. The zero-order valence-corrected chi connectivity index (χ0v) is 10.9. The van der Waals surface area contributed by atoms with E-state index in [4.69, 9.17) is 5.26 Å². The van der Waals surface area contributed by atoms with E-state index in [9.17, 15) is 4.79 Å². The van der Waals surface area contributed by atoms with Crippen molar-refractivity contribution in [3.8, 4) is 6.07 Å². The minimum Gasteiger partial charge on any atom is -0.348 e. The van der Waals surface area contributed by atoms with Crippen LogP contribution in [0.5, 0.6) is 0 Å². The number of halogens is 1. The SMILES string of the molecule is CN(C)C(=O)C(C#N)Cc1ccc(Br)cc1. The van der Waals surface area contributed by atoms with Gasteiger partial charge in [0, 0.05) is 18.6 Å². The second kappa shape index (κ2) is 5.66. The Hall–Kier alpha value is -1.34. The Bertz CT molecular complexity index is 406. The van der Waals surface area contributed by atoms with Crippen molar-refractivity contribution in [1.82, 2.24) is 4.90 Å². The number of carbonyl (C=O) groups excluding carboxylic acids is 1. The number of carbonyl (C=O) groups is 1. The highest BCUT2D eigenvalue weighted by atomic mass is 79.9. The number of nitriles is 1. The predicted molar refractivity (Wildman–Crippen MR) is 65.6 cm³/mol. The van der Waals surface area contributed by atoms with Crippen LogP contribution in [0.1, 0.15) is 5.56 Å². The molecular formula is C12H13BrN2O. The van der Waals surface area contributed by atoms with Crippen molar-refractivity contribution in [2.45, 2.75) is 6.42 Å². The highest BCUT2D eigenvalue weighted by Crippen LogP contribution is 2.14. The lowest BCUT2D eigenvalue weighted by atomic mass is 10.00. The summed E-state index contributed by atoms with van der Waals surface area (Å²) >= 11 is 3.34. The molecule has 3 nitrogen and oxygen atoms in total. The molecule has 0 bridgehead atoms. The maximum absolute atomic E-state index is 11.6. The van der Waals surface area contributed by atoms with Crippen molar-refractivity contribution in [1.29, 1.82) is 5.26 Å². The van der Waals surface area contributed by atoms with E-state index in [0.29, 0.717) is 6.42 Å². The third kappa shape index (κ3) is 3.35. The molecule has 4 heteroatoms. The Labute approximate surface area is 104 Å². The van der Waals surface area contributed by atoms with Crippen molar-refractivity contribution in [3.63, 3.8) is 0 Å². The zero-order chi connectivity index (χ0) is 12.1. The molecule has 16 heavy (non-hydrogen) atoms. The zero-order valence-electron chi connectivity index (χ0n) is 9.27. The van der Waals surface area contributed by atoms with Gasteiger partial charge in [0.05, 0.1) is 6.07 Å². The summed E-state index contributed by atoms with van der Waals surface area (Å²) in [7, 11) is 3.32. The first kappa shape index (κ1) is 12.7. The van der Waals surface area contributed by atoms with Gasteiger partial charge >= 0.3 is 0 Å². The van der Waals surface area contributed by atoms with Gasteiger partial charge in [-0.25, -0.2) is 0 Å². The average Bonchev–Trinajstić information content (AvgIpc) is 2.27. The Morgan fingerprint density at radius 1 is 1.44 bits per heavy atom. The van der Waals surface area contributed by atoms with E-state index in [1.54, 1.807) is 14.1 Å². The molecule has 0 heterocycles. The summed E-state index contributed by atoms with van der Waals surface area (Å²) in [5.41, 5.74) is 0.991. The van der Waals surface area contributed by atoms with E-state index >= 15 is 0 Å². The molecule has 1 unspecified atom stereocenters. The van der Waals surface area contributed by atoms with Crippen LogP contribution in [0.4, 0.5) is 0 Å². The van der Waals surface area contributed by atoms with Crippen molar-refractivity contribution in [2.24, 2.45) is 5.92 Å². The Morgan fingerprint density at radius 2 is 2.00 bits per heavy atom. The minimum atomic E-state index is -0.601. The van der Waals surface area contributed by atoms with E-state index in [2.05, 4.69) is 15.9 Å². The van der Waals surface area contributed by atoms with Gasteiger partial charge in [0.25, 0.3) is 0 Å². The lowest BCUT2D eigenvalue weighted by molar-refractivity contribution is -0.131. The summed E-state index contributed by atoms with van der Waals surface area (Å²) in [4.78, 5) is 13.1. The van der Waals surface area contributed by atoms with Crippen LogP contribution in [0.25, 0.3) is 0 Å². The maximum Gasteiger partial charge on any atom is 0.239 e. The van der Waals surface area contributed by atoms with Crippen LogP contribution in [-0.2, 0) is 11.2 Å². The van der Waals surface area contributed by atoms with E-state index in [0.717, 1.165) is 10.0 Å². The summed E-state index contributed by atoms with van der Waals surface area (Å²) in [6.07, 6.45) is 0.459. The predicted octanol–water partition coefficient (Wildman–Crippen LogP) is 2.22. The Morgan fingerprint density at radius 3 is 2.44 bits per heavy atom. The number of nitrogens with zero attached hydrogens (tertiary/aromatic N) is 2. The molecule has 0 aromatic heterocycles. The van der Waals surface area contributed by atoms with Crippen molar-refractivity contribution in [3.05, 3.63) is 34.3 Å². The van der Waals surface area contributed by atoms with E-state index < -0.39 is 5.92 Å². The molecule has 84 valence electrons. The lowest BCUT2D eigenvalue weighted by Crippen LogP contribution is -2.30. The van der Waals surface area contributed by atoms with Crippen LogP contribution in [0.15, 0.2) is 28.7 Å². The summed E-state index contributed by atoms with van der Waals surface area (Å²) in [5, 5.41) is 8.95. The highest BCUT2D eigenvalue weighted by Gasteiger charge is 2.19. The number of rotatable bonds is 3. The van der Waals surface area contributed by atoms with Crippen molar-refractivity contribution < 1.29 is 4.79 Å². The second-order valence-corrected chi connectivity index (χ2v) is 4.66. The third-order valence-corrected chi connectivity index (χ3v) is 2.78. The number of amides is 1. The fraction of sp³-hybridized carbons (Fsp3) is 0.333. The van der Waals surface area contributed by atoms with Gasteiger partial charge < -0.3 is 4.90 Å². The molecular weight excluding hydrogens is 268 g/mol. The topological polar surface area (TPSA) is 44.1 Å². The van der Waals surface area contributed by atoms with Crippen LogP contribution in [-0.4, -0.2) is 24.9 Å². The quantitative estimate of drug-likeness (QED) is 0.852. The van der Waals surface area contributed by atoms with Gasteiger partial charge in [-0.2, -0.15) is 5.26 Å². The normalized spacial score (nSPS) is 11.6. The standard InChI is InChI=1S/C12H13BrN2O/c1-15(2)12(16)10(8-14)7-9-3-5-11(13)6-4-9/h3-6,10H,7H2,1-2H3. The van der Waals surface area contributed by atoms with Crippen LogP contribution in [0, 0.1) is 17.2 Å². The molecule has 0 aliphatic carbocycles. The number of hydrogen-bond donors (Lipinski definition) is 0. The third-order valence-electron chi connectivity index (χ3n) is 2.25. The number of hydrogen-bond acceptors (Lipinski definition) is 2. The first-order valence-electron chi connectivity index (χ1n) is 4.90. The highest BCUT2D eigenvalue weighted by molar-refractivity contribution is 9.10. The van der Waals surface area contributed by atoms with Crippen molar-refractivity contribution >= 4 is 21.8 Å². The van der Waals surface area contributed by atoms with E-state index in [1.165, 1.54) is 4.90 Å². The monoisotopic (exact) mass is 280 g/mol. The summed E-state index contributed by atoms with van der Waals surface area (Å²) in [5.74, 6) is -0.749. The van der Waals surface area contributed by atoms with Crippen LogP contribution in [0.2, 0.25) is 0 Å². The molecule has 1 amide bonds. The van der Waals surface area contributed by atoms with Gasteiger partial charge in [0.15, 0.2) is 0 Å². The first-order chi connectivity index (χ1) is 7.54.